The maximum Gasteiger partial charge on any atom is 0.315 e. The normalized spacial score (nSPS) is 24.2. The van der Waals surface area contributed by atoms with Crippen LogP contribution in [-0.2, 0) is 14.3 Å². The zero-order valence-electron chi connectivity index (χ0n) is 16.3. The molecule has 6 nitrogen and oxygen atoms in total. The molecule has 0 amide bonds. The highest BCUT2D eigenvalue weighted by Crippen LogP contribution is 2.48. The Bertz CT molecular complexity index is 865. The molecule has 0 bridgehead atoms. The van der Waals surface area contributed by atoms with Crippen LogP contribution in [0.15, 0.2) is 34.5 Å². The SMILES string of the molecule is COC(=O)C1C(C)=NC2=C(C(=O)CC(C)(C)C2)[C@@H]1c1ccc(O)c(OC)c1. The minimum Gasteiger partial charge on any atom is -0.504 e. The Kier molecular flexibility index (Phi) is 4.84. The second-order valence-electron chi connectivity index (χ2n) is 7.96. The first-order chi connectivity index (χ1) is 12.7. The highest BCUT2D eigenvalue weighted by atomic mass is 16.5. The molecule has 1 aliphatic heterocycles. The van der Waals surface area contributed by atoms with Crippen LogP contribution in [0.3, 0.4) is 0 Å². The largest absolute Gasteiger partial charge is 0.504 e. The van der Waals surface area contributed by atoms with Crippen molar-refractivity contribution in [3.05, 3.63) is 35.0 Å². The van der Waals surface area contributed by atoms with Gasteiger partial charge in [0, 0.05) is 29.3 Å². The number of nitrogens with zero attached hydrogens (tertiary/aromatic N) is 1. The third kappa shape index (κ3) is 3.36. The molecule has 0 spiro atoms. The number of esters is 1. The minimum atomic E-state index is -0.687. The maximum absolute atomic E-state index is 13.1. The van der Waals surface area contributed by atoms with Gasteiger partial charge >= 0.3 is 5.97 Å². The molecule has 1 aromatic carbocycles. The lowest BCUT2D eigenvalue weighted by Gasteiger charge is -2.38. The fourth-order valence-electron chi connectivity index (χ4n) is 4.13. The van der Waals surface area contributed by atoms with Gasteiger partial charge in [-0.05, 0) is 36.5 Å². The smallest absolute Gasteiger partial charge is 0.315 e. The molecule has 1 unspecified atom stereocenters. The number of carbonyl (C=O) groups is 2. The number of hydrogen-bond donors (Lipinski definition) is 1. The number of ether oxygens (including phenoxy) is 2. The van der Waals surface area contributed by atoms with Gasteiger partial charge in [-0.25, -0.2) is 0 Å². The monoisotopic (exact) mass is 371 g/mol. The summed E-state index contributed by atoms with van der Waals surface area (Å²) in [4.78, 5) is 30.3. The molecular weight excluding hydrogens is 346 g/mol. The summed E-state index contributed by atoms with van der Waals surface area (Å²) in [5.74, 6) is -1.33. The van der Waals surface area contributed by atoms with Crippen molar-refractivity contribution in [2.45, 2.75) is 39.5 Å². The third-order valence-electron chi connectivity index (χ3n) is 5.32. The van der Waals surface area contributed by atoms with Crippen molar-refractivity contribution in [1.29, 1.82) is 0 Å². The first-order valence-corrected chi connectivity index (χ1v) is 8.94. The summed E-state index contributed by atoms with van der Waals surface area (Å²) in [5, 5.41) is 9.94. The predicted molar refractivity (Wildman–Crippen MR) is 101 cm³/mol. The quantitative estimate of drug-likeness (QED) is 0.823. The Morgan fingerprint density at radius 2 is 1.96 bits per heavy atom. The van der Waals surface area contributed by atoms with Crippen molar-refractivity contribution in [3.63, 3.8) is 0 Å². The van der Waals surface area contributed by atoms with Crippen molar-refractivity contribution in [3.8, 4) is 11.5 Å². The Balaban J connectivity index is 2.22. The molecule has 1 heterocycles. The van der Waals surface area contributed by atoms with E-state index in [4.69, 9.17) is 9.47 Å². The molecule has 0 aromatic heterocycles. The molecule has 144 valence electrons. The number of Topliss-reactive ketones (excluding diaryl/α,β-unsaturated/α-hetero) is 1. The van der Waals surface area contributed by atoms with Crippen LogP contribution in [0.5, 0.6) is 11.5 Å². The predicted octanol–water partition coefficient (Wildman–Crippen LogP) is 3.39. The zero-order valence-corrected chi connectivity index (χ0v) is 16.3. The van der Waals surface area contributed by atoms with Crippen LogP contribution in [0.2, 0.25) is 0 Å². The second kappa shape index (κ2) is 6.83. The second-order valence-corrected chi connectivity index (χ2v) is 7.96. The summed E-state index contributed by atoms with van der Waals surface area (Å²) in [6.45, 7) is 5.89. The lowest BCUT2D eigenvalue weighted by molar-refractivity contribution is -0.143. The van der Waals surface area contributed by atoms with Gasteiger partial charge in [0.25, 0.3) is 0 Å². The van der Waals surface area contributed by atoms with E-state index in [0.717, 1.165) is 11.3 Å². The molecule has 27 heavy (non-hydrogen) atoms. The summed E-state index contributed by atoms with van der Waals surface area (Å²) in [6.07, 6.45) is 1.07. The molecular formula is C21H25NO5. The zero-order chi connectivity index (χ0) is 19.9. The summed E-state index contributed by atoms with van der Waals surface area (Å²) >= 11 is 0. The molecule has 0 saturated carbocycles. The van der Waals surface area contributed by atoms with Gasteiger partial charge in [0.05, 0.1) is 14.2 Å². The molecule has 0 saturated heterocycles. The summed E-state index contributed by atoms with van der Waals surface area (Å²) in [6, 6.07) is 4.90. The van der Waals surface area contributed by atoms with Gasteiger partial charge in [-0.2, -0.15) is 0 Å². The summed E-state index contributed by atoms with van der Waals surface area (Å²) in [5.41, 5.74) is 2.49. The number of phenols is 1. The molecule has 6 heteroatoms. The van der Waals surface area contributed by atoms with E-state index in [1.54, 1.807) is 19.1 Å². The number of benzene rings is 1. The van der Waals surface area contributed by atoms with Crippen molar-refractivity contribution in [2.24, 2.45) is 16.3 Å². The van der Waals surface area contributed by atoms with E-state index in [0.29, 0.717) is 29.9 Å². The van der Waals surface area contributed by atoms with Crippen LogP contribution in [0.1, 0.15) is 45.1 Å². The molecule has 1 aromatic rings. The first kappa shape index (κ1) is 19.1. The Labute approximate surface area is 158 Å². The van der Waals surface area contributed by atoms with E-state index in [9.17, 15) is 14.7 Å². The van der Waals surface area contributed by atoms with Gasteiger partial charge in [-0.15, -0.1) is 0 Å². The Morgan fingerprint density at radius 1 is 1.26 bits per heavy atom. The maximum atomic E-state index is 13.1. The fourth-order valence-corrected chi connectivity index (χ4v) is 4.13. The van der Waals surface area contributed by atoms with Gasteiger partial charge in [0.15, 0.2) is 17.3 Å². The molecule has 3 rings (SSSR count). The Hall–Kier alpha value is -2.63. The van der Waals surface area contributed by atoms with Crippen molar-refractivity contribution >= 4 is 17.5 Å². The van der Waals surface area contributed by atoms with Crippen LogP contribution < -0.4 is 4.74 Å². The van der Waals surface area contributed by atoms with E-state index in [2.05, 4.69) is 4.99 Å². The molecule has 1 aliphatic carbocycles. The molecule has 0 fully saturated rings. The van der Waals surface area contributed by atoms with Gasteiger partial charge in [0.1, 0.15) is 5.92 Å². The van der Waals surface area contributed by atoms with Crippen LogP contribution >= 0.6 is 0 Å². The van der Waals surface area contributed by atoms with Gasteiger partial charge in [-0.1, -0.05) is 19.9 Å². The number of aromatic hydroxyl groups is 1. The first-order valence-electron chi connectivity index (χ1n) is 8.94. The van der Waals surface area contributed by atoms with E-state index >= 15 is 0 Å². The fraction of sp³-hybridized carbons (Fsp3) is 0.476. The number of rotatable bonds is 3. The van der Waals surface area contributed by atoms with Crippen molar-refractivity contribution < 1.29 is 24.2 Å². The van der Waals surface area contributed by atoms with Gasteiger partial charge in [-0.3, -0.25) is 14.6 Å². The average Bonchev–Trinajstić information content (AvgIpc) is 2.59. The van der Waals surface area contributed by atoms with Gasteiger partial charge in [0.2, 0.25) is 0 Å². The molecule has 1 N–H and O–H groups in total. The van der Waals surface area contributed by atoms with Crippen LogP contribution in [0, 0.1) is 11.3 Å². The topological polar surface area (TPSA) is 85.2 Å². The number of hydrogen-bond acceptors (Lipinski definition) is 6. The lowest BCUT2D eigenvalue weighted by Crippen LogP contribution is -2.39. The molecule has 2 atom stereocenters. The molecule has 2 aliphatic rings. The van der Waals surface area contributed by atoms with Crippen molar-refractivity contribution in [1.82, 2.24) is 0 Å². The summed E-state index contributed by atoms with van der Waals surface area (Å²) < 4.78 is 10.2. The lowest BCUT2D eigenvalue weighted by atomic mass is 9.67. The van der Waals surface area contributed by atoms with Crippen molar-refractivity contribution in [2.75, 3.05) is 14.2 Å². The van der Waals surface area contributed by atoms with E-state index in [-0.39, 0.29) is 16.9 Å². The summed E-state index contributed by atoms with van der Waals surface area (Å²) in [7, 11) is 2.79. The number of carbonyl (C=O) groups excluding carboxylic acids is 2. The van der Waals surface area contributed by atoms with Crippen LogP contribution in [-0.4, -0.2) is 36.8 Å². The van der Waals surface area contributed by atoms with Crippen LogP contribution in [0.25, 0.3) is 0 Å². The molecule has 0 radical (unpaired) electrons. The number of methoxy groups -OCH3 is 2. The van der Waals surface area contributed by atoms with E-state index in [1.807, 2.05) is 13.8 Å². The third-order valence-corrected chi connectivity index (χ3v) is 5.32. The van der Waals surface area contributed by atoms with E-state index in [1.165, 1.54) is 20.3 Å². The number of ketones is 1. The Morgan fingerprint density at radius 3 is 2.59 bits per heavy atom. The number of allylic oxidation sites excluding steroid dienone is 2. The minimum absolute atomic E-state index is 0.00220. The highest BCUT2D eigenvalue weighted by molar-refractivity contribution is 6.09. The average molecular weight is 371 g/mol. The van der Waals surface area contributed by atoms with Gasteiger partial charge < -0.3 is 14.6 Å². The number of phenolic OH excluding ortho intramolecular Hbond substituents is 1. The number of aliphatic imine (C=N–C) groups is 1. The standard InChI is InChI=1S/C21H25NO5/c1-11-17(20(25)27-5)18(12-6-7-14(23)16(8-12)26-4)19-13(22-11)9-21(2,3)10-15(19)24/h6-8,17-18,23H,9-10H2,1-5H3/t17?,18-/m1/s1. The van der Waals surface area contributed by atoms with E-state index < -0.39 is 17.8 Å². The highest BCUT2D eigenvalue weighted by Gasteiger charge is 2.46. The van der Waals surface area contributed by atoms with Crippen LogP contribution in [0.4, 0.5) is 0 Å².